The van der Waals surface area contributed by atoms with Crippen molar-refractivity contribution in [1.29, 1.82) is 0 Å². The molecule has 1 amide bonds. The Hall–Kier alpha value is -3.16. The van der Waals surface area contributed by atoms with Crippen molar-refractivity contribution in [2.24, 2.45) is 0 Å². The highest BCUT2D eigenvalue weighted by molar-refractivity contribution is 5.85. The van der Waals surface area contributed by atoms with Crippen LogP contribution in [0.5, 0.6) is 17.2 Å². The van der Waals surface area contributed by atoms with Crippen molar-refractivity contribution < 1.29 is 23.7 Å². The first kappa shape index (κ1) is 35.9. The van der Waals surface area contributed by atoms with Gasteiger partial charge in [0.15, 0.2) is 5.75 Å². The van der Waals surface area contributed by atoms with E-state index in [1.54, 1.807) is 25.7 Å². The molecule has 2 fully saturated rings. The van der Waals surface area contributed by atoms with E-state index in [4.69, 9.17) is 18.9 Å². The number of halogens is 1. The number of nitrogens with zero attached hydrogens (tertiary/aromatic N) is 2. The van der Waals surface area contributed by atoms with Gasteiger partial charge in [-0.3, -0.25) is 19.2 Å². The van der Waals surface area contributed by atoms with Crippen molar-refractivity contribution in [3.05, 3.63) is 40.9 Å². The summed E-state index contributed by atoms with van der Waals surface area (Å²) in [6, 6.07) is 0. The summed E-state index contributed by atoms with van der Waals surface area (Å²) in [6.07, 6.45) is -0.200. The molecule has 2 N–H and O–H groups in total. The van der Waals surface area contributed by atoms with Crippen LogP contribution in [-0.4, -0.2) is 88.8 Å². The molecule has 2 heterocycles. The van der Waals surface area contributed by atoms with Crippen LogP contribution in [0.3, 0.4) is 0 Å². The third-order valence-electron chi connectivity index (χ3n) is 5.74. The third kappa shape index (κ3) is 10.0. The molecule has 232 valence electrons. The fourth-order valence-corrected chi connectivity index (χ4v) is 3.89. The number of hydrogen-bond acceptors (Lipinski definition) is 12. The maximum atomic E-state index is 11.5. The van der Waals surface area contributed by atoms with Crippen LogP contribution in [0.2, 0.25) is 0 Å². The Bertz CT molecular complexity index is 1200. The van der Waals surface area contributed by atoms with Crippen LogP contribution < -0.4 is 51.5 Å². The standard InChI is InChI=1S/C10H14N2O3.C9H18N2O2.C8H10O4.ClH/c1-2-15-10-7(8(13)9(10)14)12-5-3-11-4-6-12;1-9(2,3)13-8(12)11-6-4-10-5-7-11;1-3-11-7-5(9)6(10)8(7)12-4-2;/h11H,2-6H2,1H3;10H,4-7H2,1-3H3;3-4H2,1-2H3;1H. The van der Waals surface area contributed by atoms with Crippen LogP contribution in [0.25, 0.3) is 0 Å². The Kier molecular flexibility index (Phi) is 14.8. The number of carbonyl (C=O) groups excluding carboxylic acids is 1. The molecule has 2 aromatic rings. The van der Waals surface area contributed by atoms with E-state index in [2.05, 4.69) is 10.6 Å². The van der Waals surface area contributed by atoms with Crippen molar-refractivity contribution in [3.8, 4) is 17.2 Å². The largest absolute Gasteiger partial charge is 0.488 e. The molecule has 0 radical (unpaired) electrons. The van der Waals surface area contributed by atoms with Gasteiger partial charge in [-0.25, -0.2) is 4.79 Å². The van der Waals surface area contributed by atoms with Crippen molar-refractivity contribution >= 4 is 24.2 Å². The lowest BCUT2D eigenvalue weighted by molar-refractivity contribution is 0.0229. The molecule has 2 aliphatic rings. The molecule has 0 atom stereocenters. The van der Waals surface area contributed by atoms with Crippen LogP contribution in [0, 0.1) is 0 Å². The van der Waals surface area contributed by atoms with Gasteiger partial charge < -0.3 is 39.4 Å². The van der Waals surface area contributed by atoms with Crippen LogP contribution >= 0.6 is 12.4 Å². The zero-order valence-corrected chi connectivity index (χ0v) is 25.6. The van der Waals surface area contributed by atoms with Crippen LogP contribution in [0.4, 0.5) is 10.5 Å². The van der Waals surface area contributed by atoms with Gasteiger partial charge >= 0.3 is 6.09 Å². The minimum atomic E-state index is -0.583. The monoisotopic (exact) mass is 602 g/mol. The molecular formula is C27H43ClN4O9. The number of ether oxygens (including phenoxy) is 4. The fourth-order valence-electron chi connectivity index (χ4n) is 3.89. The number of amides is 1. The SMILES string of the molecule is CC(C)(C)OC(=O)N1CCNCC1.CCOc1c(N2CCNCC2)c(=O)c1=O.CCOc1c(OCC)c(=O)c1=O.Cl. The summed E-state index contributed by atoms with van der Waals surface area (Å²) >= 11 is 0. The summed E-state index contributed by atoms with van der Waals surface area (Å²) < 4.78 is 20.2. The van der Waals surface area contributed by atoms with E-state index in [0.717, 1.165) is 52.4 Å². The number of hydrogen-bond donors (Lipinski definition) is 2. The highest BCUT2D eigenvalue weighted by Crippen LogP contribution is 2.22. The van der Waals surface area contributed by atoms with Crippen molar-refractivity contribution in [2.75, 3.05) is 77.1 Å². The Morgan fingerprint density at radius 3 is 1.49 bits per heavy atom. The minimum absolute atomic E-state index is 0. The quantitative estimate of drug-likeness (QED) is 0.422. The number of anilines is 1. The molecule has 2 aromatic carbocycles. The molecule has 0 aliphatic carbocycles. The molecule has 2 saturated heterocycles. The van der Waals surface area contributed by atoms with Gasteiger partial charge in [0.05, 0.1) is 19.8 Å². The number of rotatable bonds is 7. The first-order chi connectivity index (χ1) is 19.0. The predicted molar refractivity (Wildman–Crippen MR) is 159 cm³/mol. The van der Waals surface area contributed by atoms with Gasteiger partial charge in [0.1, 0.15) is 11.3 Å². The molecular weight excluding hydrogens is 560 g/mol. The van der Waals surface area contributed by atoms with E-state index >= 15 is 0 Å². The first-order valence-electron chi connectivity index (χ1n) is 13.7. The smallest absolute Gasteiger partial charge is 0.410 e. The Balaban J connectivity index is 0.000000306. The van der Waals surface area contributed by atoms with Crippen molar-refractivity contribution in [1.82, 2.24) is 15.5 Å². The predicted octanol–water partition coefficient (Wildman–Crippen LogP) is 0.419. The Labute approximate surface area is 245 Å². The maximum Gasteiger partial charge on any atom is 0.410 e. The van der Waals surface area contributed by atoms with E-state index in [1.165, 1.54) is 0 Å². The lowest BCUT2D eigenvalue weighted by atomic mass is 10.2. The third-order valence-corrected chi connectivity index (χ3v) is 5.74. The van der Waals surface area contributed by atoms with Gasteiger partial charge in [-0.05, 0) is 41.5 Å². The molecule has 4 rings (SSSR count). The second-order valence-corrected chi connectivity index (χ2v) is 9.91. The van der Waals surface area contributed by atoms with Crippen LogP contribution in [0.15, 0.2) is 19.2 Å². The Morgan fingerprint density at radius 1 is 0.683 bits per heavy atom. The Morgan fingerprint density at radius 2 is 1.07 bits per heavy atom. The molecule has 0 aromatic heterocycles. The highest BCUT2D eigenvalue weighted by Gasteiger charge is 2.28. The fraction of sp³-hybridized carbons (Fsp3) is 0.667. The second kappa shape index (κ2) is 16.9. The summed E-state index contributed by atoms with van der Waals surface area (Å²) in [5.74, 6) is 0.401. The van der Waals surface area contributed by atoms with Gasteiger partial charge in [-0.1, -0.05) is 0 Å². The number of piperazine rings is 2. The highest BCUT2D eigenvalue weighted by atomic mass is 35.5. The van der Waals surface area contributed by atoms with Gasteiger partial charge in [0.25, 0.3) is 21.7 Å². The van der Waals surface area contributed by atoms with Gasteiger partial charge in [-0.15, -0.1) is 12.4 Å². The van der Waals surface area contributed by atoms with E-state index in [0.29, 0.717) is 25.5 Å². The summed E-state index contributed by atoms with van der Waals surface area (Å²) in [6.45, 7) is 18.5. The lowest BCUT2D eigenvalue weighted by Crippen LogP contribution is -2.49. The lowest BCUT2D eigenvalue weighted by Gasteiger charge is -2.30. The number of carbonyl (C=O) groups is 1. The van der Waals surface area contributed by atoms with E-state index in [-0.39, 0.29) is 41.3 Å². The molecule has 0 bridgehead atoms. The van der Waals surface area contributed by atoms with Crippen LogP contribution in [0.1, 0.15) is 41.5 Å². The average molecular weight is 603 g/mol. The molecule has 0 unspecified atom stereocenters. The second-order valence-electron chi connectivity index (χ2n) is 9.91. The molecule has 0 saturated carbocycles. The zero-order chi connectivity index (χ0) is 29.9. The zero-order valence-electron chi connectivity index (χ0n) is 24.8. The minimum Gasteiger partial charge on any atom is -0.488 e. The van der Waals surface area contributed by atoms with Crippen molar-refractivity contribution in [3.63, 3.8) is 0 Å². The summed E-state index contributed by atoms with van der Waals surface area (Å²) in [5.41, 5.74) is -1.96. The molecule has 14 heteroatoms. The van der Waals surface area contributed by atoms with Gasteiger partial charge in [-0.2, -0.15) is 0 Å². The molecule has 13 nitrogen and oxygen atoms in total. The summed E-state index contributed by atoms with van der Waals surface area (Å²) in [4.78, 5) is 59.4. The maximum absolute atomic E-state index is 11.5. The first-order valence-corrected chi connectivity index (χ1v) is 13.7. The van der Waals surface area contributed by atoms with Gasteiger partial charge in [0.2, 0.25) is 11.5 Å². The van der Waals surface area contributed by atoms with E-state index in [1.807, 2.05) is 25.7 Å². The molecule has 41 heavy (non-hydrogen) atoms. The van der Waals surface area contributed by atoms with Crippen LogP contribution in [-0.2, 0) is 4.74 Å². The normalized spacial score (nSPS) is 15.1. The van der Waals surface area contributed by atoms with Crippen molar-refractivity contribution in [2.45, 2.75) is 47.1 Å². The van der Waals surface area contributed by atoms with E-state index < -0.39 is 21.7 Å². The molecule has 0 spiro atoms. The average Bonchev–Trinajstić information content (AvgIpc) is 2.95. The summed E-state index contributed by atoms with van der Waals surface area (Å²) in [5, 5.41) is 6.37. The van der Waals surface area contributed by atoms with Gasteiger partial charge in [0, 0.05) is 52.4 Å². The number of nitrogens with one attached hydrogen (secondary N) is 2. The summed E-state index contributed by atoms with van der Waals surface area (Å²) in [7, 11) is 0. The topological polar surface area (TPSA) is 153 Å². The molecule has 2 aliphatic heterocycles. The van der Waals surface area contributed by atoms with E-state index in [9.17, 15) is 24.0 Å².